The van der Waals surface area contributed by atoms with E-state index in [9.17, 15) is 0 Å². The first kappa shape index (κ1) is 13.6. The molecule has 0 N–H and O–H groups in total. The third-order valence-corrected chi connectivity index (χ3v) is 5.89. The topological polar surface area (TPSA) is 9.23 Å². The van der Waals surface area contributed by atoms with Gasteiger partial charge in [0.1, 0.15) is 0 Å². The van der Waals surface area contributed by atoms with E-state index in [-0.39, 0.29) is 0 Å². The van der Waals surface area contributed by atoms with Gasteiger partial charge in [-0.2, -0.15) is 0 Å². The van der Waals surface area contributed by atoms with Gasteiger partial charge in [0.2, 0.25) is 0 Å². The van der Waals surface area contributed by atoms with Gasteiger partial charge in [0, 0.05) is 14.7 Å². The van der Waals surface area contributed by atoms with Crippen LogP contribution < -0.4 is 0 Å². The zero-order chi connectivity index (χ0) is 12.5. The maximum atomic E-state index is 6.05. The van der Waals surface area contributed by atoms with Gasteiger partial charge in [-0.15, -0.1) is 0 Å². The average Bonchev–Trinajstić information content (AvgIpc) is 2.33. The summed E-state index contributed by atoms with van der Waals surface area (Å²) in [4.78, 5) is 0.604. The Hall–Kier alpha value is 0.140. The standard InChI is InChI=1S/C14H18Br2O/c1-3-14(2)12(16)8-13(14)17-9-10-5-4-6-11(15)7-10/h4-7,12-13H,3,8-9H2,1-2H3. The summed E-state index contributed by atoms with van der Waals surface area (Å²) >= 11 is 7.22. The molecule has 0 aromatic heterocycles. The highest BCUT2D eigenvalue weighted by Gasteiger charge is 2.49. The first-order valence-corrected chi connectivity index (χ1v) is 7.77. The first-order valence-electron chi connectivity index (χ1n) is 6.06. The van der Waals surface area contributed by atoms with E-state index >= 15 is 0 Å². The van der Waals surface area contributed by atoms with Crippen molar-refractivity contribution in [3.8, 4) is 0 Å². The van der Waals surface area contributed by atoms with Gasteiger partial charge in [-0.25, -0.2) is 0 Å². The van der Waals surface area contributed by atoms with Crippen molar-refractivity contribution in [3.63, 3.8) is 0 Å². The third-order valence-electron chi connectivity index (χ3n) is 3.97. The molecule has 94 valence electrons. The summed E-state index contributed by atoms with van der Waals surface area (Å²) in [6.07, 6.45) is 2.67. The second kappa shape index (κ2) is 5.41. The molecule has 3 heteroatoms. The summed E-state index contributed by atoms with van der Waals surface area (Å²) < 4.78 is 7.16. The Balaban J connectivity index is 1.91. The molecule has 0 aliphatic heterocycles. The number of hydrogen-bond donors (Lipinski definition) is 0. The minimum absolute atomic E-state index is 0.298. The van der Waals surface area contributed by atoms with Crippen molar-refractivity contribution in [1.82, 2.24) is 0 Å². The molecule has 0 bridgehead atoms. The fraction of sp³-hybridized carbons (Fsp3) is 0.571. The molecule has 0 radical (unpaired) electrons. The van der Waals surface area contributed by atoms with Crippen LogP contribution in [0, 0.1) is 5.41 Å². The molecule has 1 nitrogen and oxygen atoms in total. The predicted molar refractivity (Wildman–Crippen MR) is 78.4 cm³/mol. The van der Waals surface area contributed by atoms with E-state index in [1.165, 1.54) is 5.56 Å². The Morgan fingerprint density at radius 2 is 2.24 bits per heavy atom. The van der Waals surface area contributed by atoms with Crippen molar-refractivity contribution < 1.29 is 4.74 Å². The Kier molecular flexibility index (Phi) is 4.32. The summed E-state index contributed by atoms with van der Waals surface area (Å²) in [6, 6.07) is 8.32. The van der Waals surface area contributed by atoms with Crippen molar-refractivity contribution in [2.24, 2.45) is 5.41 Å². The van der Waals surface area contributed by atoms with Gasteiger partial charge in [0.05, 0.1) is 12.7 Å². The van der Waals surface area contributed by atoms with E-state index < -0.39 is 0 Å². The zero-order valence-corrected chi connectivity index (χ0v) is 13.4. The van der Waals surface area contributed by atoms with Crippen LogP contribution in [0.3, 0.4) is 0 Å². The highest BCUT2D eigenvalue weighted by Crippen LogP contribution is 2.50. The molecule has 3 atom stereocenters. The fourth-order valence-corrected chi connectivity index (χ4v) is 3.70. The summed E-state index contributed by atoms with van der Waals surface area (Å²) in [7, 11) is 0. The molecule has 1 aromatic rings. The lowest BCUT2D eigenvalue weighted by atomic mass is 9.66. The van der Waals surface area contributed by atoms with E-state index in [1.54, 1.807) is 0 Å². The van der Waals surface area contributed by atoms with E-state index in [0.717, 1.165) is 17.3 Å². The van der Waals surface area contributed by atoms with Crippen molar-refractivity contribution in [2.75, 3.05) is 0 Å². The van der Waals surface area contributed by atoms with E-state index in [0.29, 0.717) is 23.0 Å². The lowest BCUT2D eigenvalue weighted by Crippen LogP contribution is -2.53. The van der Waals surface area contributed by atoms with Gasteiger partial charge < -0.3 is 4.74 Å². The van der Waals surface area contributed by atoms with Crippen LogP contribution in [0.1, 0.15) is 32.3 Å². The number of alkyl halides is 1. The molecule has 1 fully saturated rings. The minimum atomic E-state index is 0.298. The van der Waals surface area contributed by atoms with Crippen LogP contribution in [0.5, 0.6) is 0 Å². The molecule has 3 unspecified atom stereocenters. The Labute approximate surface area is 120 Å². The molecule has 1 aliphatic rings. The van der Waals surface area contributed by atoms with Gasteiger partial charge in [0.15, 0.2) is 0 Å². The van der Waals surface area contributed by atoms with Crippen LogP contribution in [-0.2, 0) is 11.3 Å². The quantitative estimate of drug-likeness (QED) is 0.691. The van der Waals surface area contributed by atoms with Gasteiger partial charge in [-0.05, 0) is 30.5 Å². The third kappa shape index (κ3) is 2.77. The first-order chi connectivity index (χ1) is 8.06. The lowest BCUT2D eigenvalue weighted by molar-refractivity contribution is -0.104. The molecule has 0 heterocycles. The Morgan fingerprint density at radius 3 is 2.82 bits per heavy atom. The summed E-state index contributed by atoms with van der Waals surface area (Å²) in [5, 5.41) is 0. The SMILES string of the molecule is CCC1(C)C(Br)CC1OCc1cccc(Br)c1. The highest BCUT2D eigenvalue weighted by molar-refractivity contribution is 9.10. The second-order valence-electron chi connectivity index (χ2n) is 4.99. The van der Waals surface area contributed by atoms with Gasteiger partial charge in [-0.3, -0.25) is 0 Å². The van der Waals surface area contributed by atoms with Crippen molar-refractivity contribution in [1.29, 1.82) is 0 Å². The van der Waals surface area contributed by atoms with Gasteiger partial charge >= 0.3 is 0 Å². The van der Waals surface area contributed by atoms with Crippen LogP contribution in [-0.4, -0.2) is 10.9 Å². The van der Waals surface area contributed by atoms with Crippen LogP contribution in [0.4, 0.5) is 0 Å². The van der Waals surface area contributed by atoms with E-state index in [2.05, 4.69) is 63.9 Å². The molecule has 1 saturated carbocycles. The largest absolute Gasteiger partial charge is 0.373 e. The number of halogens is 2. The monoisotopic (exact) mass is 360 g/mol. The second-order valence-corrected chi connectivity index (χ2v) is 7.01. The summed E-state index contributed by atoms with van der Waals surface area (Å²) in [5.74, 6) is 0. The summed E-state index contributed by atoms with van der Waals surface area (Å²) in [5.41, 5.74) is 1.53. The fourth-order valence-electron chi connectivity index (χ4n) is 2.30. The zero-order valence-electron chi connectivity index (χ0n) is 10.2. The van der Waals surface area contributed by atoms with Crippen LogP contribution in [0.15, 0.2) is 28.7 Å². The van der Waals surface area contributed by atoms with Crippen molar-refractivity contribution in [3.05, 3.63) is 34.3 Å². The Morgan fingerprint density at radius 1 is 1.47 bits per heavy atom. The lowest BCUT2D eigenvalue weighted by Gasteiger charge is -2.51. The molecule has 0 spiro atoms. The van der Waals surface area contributed by atoms with Crippen molar-refractivity contribution in [2.45, 2.75) is 44.2 Å². The maximum Gasteiger partial charge on any atom is 0.0721 e. The van der Waals surface area contributed by atoms with E-state index in [1.807, 2.05) is 6.07 Å². The number of hydrogen-bond acceptors (Lipinski definition) is 1. The Bertz CT molecular complexity index is 394. The van der Waals surface area contributed by atoms with Crippen molar-refractivity contribution >= 4 is 31.9 Å². The minimum Gasteiger partial charge on any atom is -0.373 e. The van der Waals surface area contributed by atoms with Crippen LogP contribution >= 0.6 is 31.9 Å². The highest BCUT2D eigenvalue weighted by atomic mass is 79.9. The normalized spacial score (nSPS) is 32.2. The molecular weight excluding hydrogens is 344 g/mol. The average molecular weight is 362 g/mol. The molecular formula is C14H18Br2O. The maximum absolute atomic E-state index is 6.05. The van der Waals surface area contributed by atoms with Gasteiger partial charge in [0.25, 0.3) is 0 Å². The van der Waals surface area contributed by atoms with E-state index in [4.69, 9.17) is 4.74 Å². The molecule has 2 rings (SSSR count). The molecule has 0 saturated heterocycles. The summed E-state index contributed by atoms with van der Waals surface area (Å²) in [6.45, 7) is 5.25. The number of benzene rings is 1. The van der Waals surface area contributed by atoms with Gasteiger partial charge in [-0.1, -0.05) is 57.8 Å². The molecule has 1 aromatic carbocycles. The van der Waals surface area contributed by atoms with Crippen LogP contribution in [0.25, 0.3) is 0 Å². The molecule has 1 aliphatic carbocycles. The van der Waals surface area contributed by atoms with Crippen LogP contribution in [0.2, 0.25) is 0 Å². The number of ether oxygens (including phenoxy) is 1. The predicted octanol–water partition coefficient (Wildman–Crippen LogP) is 4.92. The molecule has 0 amide bonds. The smallest absolute Gasteiger partial charge is 0.0721 e. The molecule has 17 heavy (non-hydrogen) atoms. The number of rotatable bonds is 4.